The number of rotatable bonds is 3. The van der Waals surface area contributed by atoms with Crippen LogP contribution in [0.15, 0.2) is 22.7 Å². The van der Waals surface area contributed by atoms with E-state index in [2.05, 4.69) is 20.8 Å². The van der Waals surface area contributed by atoms with Crippen LogP contribution in [0.4, 0.5) is 5.69 Å². The van der Waals surface area contributed by atoms with E-state index in [4.69, 9.17) is 0 Å². The van der Waals surface area contributed by atoms with Gasteiger partial charge in [0, 0.05) is 25.7 Å². The van der Waals surface area contributed by atoms with E-state index in [1.165, 1.54) is 6.07 Å². The molecule has 0 aliphatic carbocycles. The zero-order chi connectivity index (χ0) is 13.1. The molecule has 98 valence electrons. The van der Waals surface area contributed by atoms with Gasteiger partial charge in [-0.25, -0.2) is 0 Å². The Kier molecular flexibility index (Phi) is 4.31. The quantitative estimate of drug-likeness (QED) is 0.686. The van der Waals surface area contributed by atoms with Gasteiger partial charge in [-0.05, 0) is 34.3 Å². The van der Waals surface area contributed by atoms with Crippen LogP contribution in [0.2, 0.25) is 0 Å². The highest BCUT2D eigenvalue weighted by Gasteiger charge is 2.20. The van der Waals surface area contributed by atoms with Gasteiger partial charge in [-0.15, -0.1) is 0 Å². The second-order valence-electron chi connectivity index (χ2n) is 4.51. The molecule has 0 atom stereocenters. The summed E-state index contributed by atoms with van der Waals surface area (Å²) in [5.74, 6) is 0. The Morgan fingerprint density at radius 1 is 1.44 bits per heavy atom. The maximum atomic E-state index is 10.8. The third kappa shape index (κ3) is 3.07. The van der Waals surface area contributed by atoms with Gasteiger partial charge in [0.15, 0.2) is 0 Å². The number of nitro groups is 1. The summed E-state index contributed by atoms with van der Waals surface area (Å²) in [5.41, 5.74) is 1.02. The summed E-state index contributed by atoms with van der Waals surface area (Å²) < 4.78 is 0.557. The number of nitrogens with zero attached hydrogens (tertiary/aromatic N) is 2. The van der Waals surface area contributed by atoms with Crippen LogP contribution in [0.3, 0.4) is 0 Å². The minimum atomic E-state index is -0.381. The SMILES string of the molecule is O=[N+]([O-])c1cccc(CN2CCC(O)CC2)c1Br. The lowest BCUT2D eigenvalue weighted by Crippen LogP contribution is -2.35. The Morgan fingerprint density at radius 3 is 2.72 bits per heavy atom. The number of hydrogen-bond donors (Lipinski definition) is 1. The van der Waals surface area contributed by atoms with Crippen molar-refractivity contribution < 1.29 is 10.0 Å². The Labute approximate surface area is 114 Å². The summed E-state index contributed by atoms with van der Waals surface area (Å²) >= 11 is 3.30. The predicted octanol–water partition coefficient (Wildman–Crippen LogP) is 2.31. The van der Waals surface area contributed by atoms with Gasteiger partial charge < -0.3 is 5.11 Å². The molecule has 0 unspecified atom stereocenters. The smallest absolute Gasteiger partial charge is 0.283 e. The Bertz CT molecular complexity index is 445. The van der Waals surface area contributed by atoms with Crippen LogP contribution < -0.4 is 0 Å². The molecule has 1 aliphatic rings. The van der Waals surface area contributed by atoms with E-state index in [0.29, 0.717) is 11.0 Å². The zero-order valence-corrected chi connectivity index (χ0v) is 11.5. The van der Waals surface area contributed by atoms with E-state index in [9.17, 15) is 15.2 Å². The second kappa shape index (κ2) is 5.77. The predicted molar refractivity (Wildman–Crippen MR) is 71.3 cm³/mol. The number of piperidine rings is 1. The molecule has 0 spiro atoms. The minimum absolute atomic E-state index is 0.101. The highest BCUT2D eigenvalue weighted by molar-refractivity contribution is 9.10. The van der Waals surface area contributed by atoms with Crippen LogP contribution in [-0.4, -0.2) is 34.1 Å². The van der Waals surface area contributed by atoms with Crippen molar-refractivity contribution in [3.63, 3.8) is 0 Å². The van der Waals surface area contributed by atoms with Gasteiger partial charge in [0.2, 0.25) is 0 Å². The largest absolute Gasteiger partial charge is 0.393 e. The molecule has 1 heterocycles. The van der Waals surface area contributed by atoms with Crippen LogP contribution in [0.25, 0.3) is 0 Å². The number of nitro benzene ring substituents is 1. The van der Waals surface area contributed by atoms with Crippen molar-refractivity contribution in [2.45, 2.75) is 25.5 Å². The van der Waals surface area contributed by atoms with Gasteiger partial charge in [-0.2, -0.15) is 0 Å². The number of hydrogen-bond acceptors (Lipinski definition) is 4. The van der Waals surface area contributed by atoms with Crippen molar-refractivity contribution in [3.05, 3.63) is 38.3 Å². The maximum absolute atomic E-state index is 10.8. The van der Waals surface area contributed by atoms with E-state index < -0.39 is 0 Å². The van der Waals surface area contributed by atoms with Crippen LogP contribution >= 0.6 is 15.9 Å². The molecular formula is C12H15BrN2O3. The average Bonchev–Trinajstić information content (AvgIpc) is 2.34. The van der Waals surface area contributed by atoms with Crippen molar-refractivity contribution >= 4 is 21.6 Å². The minimum Gasteiger partial charge on any atom is -0.393 e. The van der Waals surface area contributed by atoms with Gasteiger partial charge in [0.1, 0.15) is 0 Å². The van der Waals surface area contributed by atoms with E-state index >= 15 is 0 Å². The molecule has 0 amide bonds. The normalized spacial score (nSPS) is 17.9. The molecule has 1 aromatic carbocycles. The third-order valence-corrected chi connectivity index (χ3v) is 4.12. The van der Waals surface area contributed by atoms with Gasteiger partial charge in [0.05, 0.1) is 15.5 Å². The summed E-state index contributed by atoms with van der Waals surface area (Å²) in [6.07, 6.45) is 1.34. The first-order chi connectivity index (χ1) is 8.58. The molecule has 2 rings (SSSR count). The molecule has 1 aliphatic heterocycles. The molecule has 1 fully saturated rings. The lowest BCUT2D eigenvalue weighted by molar-refractivity contribution is -0.385. The first-order valence-electron chi connectivity index (χ1n) is 5.90. The van der Waals surface area contributed by atoms with Crippen molar-refractivity contribution in [1.29, 1.82) is 0 Å². The molecule has 1 aromatic rings. The van der Waals surface area contributed by atoms with Crippen molar-refractivity contribution in [3.8, 4) is 0 Å². The van der Waals surface area contributed by atoms with Gasteiger partial charge in [-0.3, -0.25) is 15.0 Å². The molecule has 5 nitrogen and oxygen atoms in total. The number of aliphatic hydroxyl groups excluding tert-OH is 1. The monoisotopic (exact) mass is 314 g/mol. The topological polar surface area (TPSA) is 66.6 Å². The standard InChI is InChI=1S/C12H15BrN2O3/c13-12-9(2-1-3-11(12)15(17)18)8-14-6-4-10(16)5-7-14/h1-3,10,16H,4-8H2. The molecular weight excluding hydrogens is 300 g/mol. The molecule has 1 N–H and O–H groups in total. The summed E-state index contributed by atoms with van der Waals surface area (Å²) in [4.78, 5) is 12.7. The number of likely N-dealkylation sites (tertiary alicyclic amines) is 1. The molecule has 6 heteroatoms. The van der Waals surface area contributed by atoms with E-state index in [1.807, 2.05) is 6.07 Å². The van der Waals surface area contributed by atoms with Gasteiger partial charge in [0.25, 0.3) is 5.69 Å². The fourth-order valence-electron chi connectivity index (χ4n) is 2.15. The van der Waals surface area contributed by atoms with Crippen molar-refractivity contribution in [1.82, 2.24) is 4.90 Å². The molecule has 0 radical (unpaired) electrons. The van der Waals surface area contributed by atoms with E-state index in [-0.39, 0.29) is 16.7 Å². The molecule has 0 saturated carbocycles. The fraction of sp³-hybridized carbons (Fsp3) is 0.500. The number of benzene rings is 1. The molecule has 1 saturated heterocycles. The summed E-state index contributed by atoms with van der Waals surface area (Å²) in [6, 6.07) is 5.09. The Balaban J connectivity index is 2.10. The molecule has 18 heavy (non-hydrogen) atoms. The Hall–Kier alpha value is -0.980. The first-order valence-corrected chi connectivity index (χ1v) is 6.69. The molecule has 0 aromatic heterocycles. The lowest BCUT2D eigenvalue weighted by atomic mass is 10.1. The van der Waals surface area contributed by atoms with Gasteiger partial charge >= 0.3 is 0 Å². The Morgan fingerprint density at radius 2 is 2.11 bits per heavy atom. The zero-order valence-electron chi connectivity index (χ0n) is 9.88. The van der Waals surface area contributed by atoms with Crippen molar-refractivity contribution in [2.75, 3.05) is 13.1 Å². The van der Waals surface area contributed by atoms with E-state index in [1.54, 1.807) is 6.07 Å². The highest BCUT2D eigenvalue weighted by atomic mass is 79.9. The van der Waals surface area contributed by atoms with Crippen LogP contribution in [0.1, 0.15) is 18.4 Å². The van der Waals surface area contributed by atoms with Crippen LogP contribution in [-0.2, 0) is 6.54 Å². The average molecular weight is 315 g/mol. The van der Waals surface area contributed by atoms with E-state index in [0.717, 1.165) is 31.5 Å². The van der Waals surface area contributed by atoms with Gasteiger partial charge in [-0.1, -0.05) is 12.1 Å². The van der Waals surface area contributed by atoms with Crippen LogP contribution in [0, 0.1) is 10.1 Å². The number of aliphatic hydroxyl groups is 1. The molecule has 0 bridgehead atoms. The first kappa shape index (κ1) is 13.5. The summed E-state index contributed by atoms with van der Waals surface area (Å²) in [7, 11) is 0. The lowest BCUT2D eigenvalue weighted by Gasteiger charge is -2.29. The third-order valence-electron chi connectivity index (χ3n) is 3.21. The maximum Gasteiger partial charge on any atom is 0.283 e. The summed E-state index contributed by atoms with van der Waals surface area (Å²) in [6.45, 7) is 2.33. The second-order valence-corrected chi connectivity index (χ2v) is 5.31. The van der Waals surface area contributed by atoms with Crippen LogP contribution in [0.5, 0.6) is 0 Å². The summed E-state index contributed by atoms with van der Waals surface area (Å²) in [5, 5.41) is 20.3. The number of halogens is 1. The van der Waals surface area contributed by atoms with Crippen molar-refractivity contribution in [2.24, 2.45) is 0 Å². The fourth-order valence-corrected chi connectivity index (χ4v) is 2.68. The highest BCUT2D eigenvalue weighted by Crippen LogP contribution is 2.29.